The van der Waals surface area contributed by atoms with Gasteiger partial charge in [-0.2, -0.15) is 0 Å². The molecule has 3 N–H and O–H groups in total. The lowest BCUT2D eigenvalue weighted by Crippen LogP contribution is -2.45. The Balaban J connectivity index is 3.43. The minimum Gasteiger partial charge on any atom is -0.466 e. The Hall–Kier alpha value is -1.14. The first-order valence-corrected chi connectivity index (χ1v) is 30.8. The van der Waals surface area contributed by atoms with E-state index >= 15 is 0 Å². The summed E-state index contributed by atoms with van der Waals surface area (Å²) in [7, 11) is 0. The van der Waals surface area contributed by atoms with E-state index in [4.69, 9.17) is 4.74 Å². The van der Waals surface area contributed by atoms with E-state index in [2.05, 4.69) is 19.2 Å². The van der Waals surface area contributed by atoms with E-state index < -0.39 is 12.1 Å². The highest BCUT2D eigenvalue weighted by Gasteiger charge is 2.20. The number of esters is 1. The number of aliphatic hydroxyl groups excluding tert-OH is 2. The maximum Gasteiger partial charge on any atom is 0.305 e. The van der Waals surface area contributed by atoms with Crippen molar-refractivity contribution in [1.82, 2.24) is 5.32 Å². The maximum absolute atomic E-state index is 12.5. The Bertz CT molecular complexity index is 959. The third kappa shape index (κ3) is 54.0. The van der Waals surface area contributed by atoms with E-state index in [1.807, 2.05) is 0 Å². The SMILES string of the molecule is CCCCCCCCCCCCCCCCCCCCCCCCCCCC(O)C(CO)NC(=O)CCCCCCCCCCCCCCOC(=O)CCCCCCCCCCCCCCC. The highest BCUT2D eigenvalue weighted by molar-refractivity contribution is 5.76. The summed E-state index contributed by atoms with van der Waals surface area (Å²) in [6.07, 6.45) is 66.7. The molecule has 0 saturated carbocycles. The van der Waals surface area contributed by atoms with Crippen LogP contribution in [-0.2, 0) is 14.3 Å². The van der Waals surface area contributed by atoms with Crippen LogP contribution in [0, 0.1) is 0 Å². The fraction of sp³-hybridized carbons (Fsp3) is 0.967. The molecule has 67 heavy (non-hydrogen) atoms. The third-order valence-electron chi connectivity index (χ3n) is 14.7. The van der Waals surface area contributed by atoms with Crippen molar-refractivity contribution in [3.8, 4) is 0 Å². The molecule has 0 saturated heterocycles. The fourth-order valence-corrected chi connectivity index (χ4v) is 9.94. The van der Waals surface area contributed by atoms with E-state index in [1.54, 1.807) is 0 Å². The van der Waals surface area contributed by atoms with E-state index in [9.17, 15) is 19.8 Å². The lowest BCUT2D eigenvalue weighted by Gasteiger charge is -2.22. The third-order valence-corrected chi connectivity index (χ3v) is 14.7. The maximum atomic E-state index is 12.5. The van der Waals surface area contributed by atoms with Crippen LogP contribution in [0.2, 0.25) is 0 Å². The average molecular weight is 949 g/mol. The van der Waals surface area contributed by atoms with Crippen molar-refractivity contribution in [3.05, 3.63) is 0 Å². The summed E-state index contributed by atoms with van der Waals surface area (Å²) in [6.45, 7) is 4.95. The first-order valence-electron chi connectivity index (χ1n) is 30.8. The highest BCUT2D eigenvalue weighted by atomic mass is 16.5. The van der Waals surface area contributed by atoms with Crippen molar-refractivity contribution in [2.24, 2.45) is 0 Å². The molecule has 0 spiro atoms. The Morgan fingerprint density at radius 3 is 0.910 bits per heavy atom. The van der Waals surface area contributed by atoms with Crippen molar-refractivity contribution in [2.75, 3.05) is 13.2 Å². The number of hydrogen-bond acceptors (Lipinski definition) is 5. The van der Waals surface area contributed by atoms with Gasteiger partial charge in [0.25, 0.3) is 0 Å². The molecule has 0 aromatic rings. The van der Waals surface area contributed by atoms with Gasteiger partial charge in [0.15, 0.2) is 0 Å². The molecule has 400 valence electrons. The molecule has 0 bridgehead atoms. The van der Waals surface area contributed by atoms with Crippen LogP contribution in [0.3, 0.4) is 0 Å². The minimum atomic E-state index is -0.674. The van der Waals surface area contributed by atoms with Crippen LogP contribution in [0.1, 0.15) is 354 Å². The number of carbonyl (C=O) groups is 2. The summed E-state index contributed by atoms with van der Waals surface area (Å²) in [5.74, 6) is -0.0512. The zero-order chi connectivity index (χ0) is 48.6. The number of hydrogen-bond donors (Lipinski definition) is 3. The van der Waals surface area contributed by atoms with Crippen molar-refractivity contribution in [1.29, 1.82) is 0 Å². The number of carbonyl (C=O) groups excluding carboxylic acids is 2. The smallest absolute Gasteiger partial charge is 0.305 e. The second kappa shape index (κ2) is 57.4. The summed E-state index contributed by atoms with van der Waals surface area (Å²) < 4.78 is 5.47. The molecule has 0 aliphatic rings. The average Bonchev–Trinajstić information content (AvgIpc) is 3.33. The normalized spacial score (nSPS) is 12.5. The second-order valence-electron chi connectivity index (χ2n) is 21.4. The lowest BCUT2D eigenvalue weighted by atomic mass is 10.0. The van der Waals surface area contributed by atoms with Gasteiger partial charge in [-0.15, -0.1) is 0 Å². The van der Waals surface area contributed by atoms with Crippen LogP contribution in [-0.4, -0.2) is 47.4 Å². The Kier molecular flexibility index (Phi) is 56.5. The molecular formula is C61H121NO5. The zero-order valence-corrected chi connectivity index (χ0v) is 45.7. The minimum absolute atomic E-state index is 0.00596. The number of nitrogens with one attached hydrogen (secondary N) is 1. The van der Waals surface area contributed by atoms with Crippen LogP contribution in [0.25, 0.3) is 0 Å². The van der Waals surface area contributed by atoms with Crippen LogP contribution in [0.5, 0.6) is 0 Å². The quantitative estimate of drug-likeness (QED) is 0.0417. The van der Waals surface area contributed by atoms with Crippen LogP contribution < -0.4 is 5.32 Å². The van der Waals surface area contributed by atoms with Gasteiger partial charge in [-0.25, -0.2) is 0 Å². The van der Waals surface area contributed by atoms with Crippen molar-refractivity contribution < 1.29 is 24.5 Å². The van der Waals surface area contributed by atoms with Crippen molar-refractivity contribution >= 4 is 11.9 Å². The van der Waals surface area contributed by atoms with Crippen LogP contribution in [0.15, 0.2) is 0 Å². The highest BCUT2D eigenvalue weighted by Crippen LogP contribution is 2.18. The predicted molar refractivity (Wildman–Crippen MR) is 292 cm³/mol. The molecule has 2 unspecified atom stereocenters. The molecule has 2 atom stereocenters. The summed E-state index contributed by atoms with van der Waals surface area (Å²) in [6, 6.07) is -0.553. The van der Waals surface area contributed by atoms with Gasteiger partial charge in [-0.05, 0) is 25.7 Å². The molecule has 1 amide bonds. The lowest BCUT2D eigenvalue weighted by molar-refractivity contribution is -0.143. The van der Waals surface area contributed by atoms with Gasteiger partial charge in [0.2, 0.25) is 5.91 Å². The molecule has 0 rings (SSSR count). The molecule has 6 heteroatoms. The summed E-state index contributed by atoms with van der Waals surface area (Å²) in [5, 5.41) is 23.4. The molecule has 0 aromatic heterocycles. The number of rotatable bonds is 58. The van der Waals surface area contributed by atoms with Crippen molar-refractivity contribution in [3.63, 3.8) is 0 Å². The Labute approximate surface area is 419 Å². The van der Waals surface area contributed by atoms with Gasteiger partial charge in [0, 0.05) is 12.8 Å². The number of amides is 1. The van der Waals surface area contributed by atoms with Crippen LogP contribution in [0.4, 0.5) is 0 Å². The fourth-order valence-electron chi connectivity index (χ4n) is 9.94. The second-order valence-corrected chi connectivity index (χ2v) is 21.4. The molecule has 0 heterocycles. The standard InChI is InChI=1S/C61H121NO5/c1-3-5-7-9-11-13-15-17-18-19-20-21-22-23-24-25-26-27-28-30-33-37-41-45-49-53-59(64)58(57-63)62-60(65)54-50-46-42-38-34-31-32-36-40-44-48-52-56-67-61(66)55-51-47-43-39-35-29-16-14-12-10-8-6-4-2/h58-59,63-64H,3-57H2,1-2H3,(H,62,65). The van der Waals surface area contributed by atoms with E-state index in [0.717, 1.165) is 57.8 Å². The first-order chi connectivity index (χ1) is 33.0. The van der Waals surface area contributed by atoms with Gasteiger partial charge >= 0.3 is 5.97 Å². The van der Waals surface area contributed by atoms with E-state index in [-0.39, 0.29) is 18.5 Å². The van der Waals surface area contributed by atoms with Gasteiger partial charge in [-0.1, -0.05) is 316 Å². The zero-order valence-electron chi connectivity index (χ0n) is 45.7. The van der Waals surface area contributed by atoms with Gasteiger partial charge in [0.1, 0.15) is 0 Å². The topological polar surface area (TPSA) is 95.9 Å². The van der Waals surface area contributed by atoms with Gasteiger partial charge in [0.05, 0.1) is 25.4 Å². The number of aliphatic hydroxyl groups is 2. The Morgan fingerprint density at radius 1 is 0.358 bits per heavy atom. The van der Waals surface area contributed by atoms with Crippen LogP contribution >= 0.6 is 0 Å². The molecular weight excluding hydrogens is 827 g/mol. The summed E-state index contributed by atoms with van der Waals surface area (Å²) in [4.78, 5) is 24.6. The number of ether oxygens (including phenoxy) is 1. The van der Waals surface area contributed by atoms with E-state index in [0.29, 0.717) is 25.9 Å². The first kappa shape index (κ1) is 65.9. The van der Waals surface area contributed by atoms with Gasteiger partial charge in [-0.3, -0.25) is 9.59 Å². The molecule has 6 nitrogen and oxygen atoms in total. The van der Waals surface area contributed by atoms with Crippen molar-refractivity contribution in [2.45, 2.75) is 366 Å². The monoisotopic (exact) mass is 948 g/mol. The molecule has 0 aliphatic heterocycles. The molecule has 0 fully saturated rings. The Morgan fingerprint density at radius 2 is 0.612 bits per heavy atom. The molecule has 0 radical (unpaired) electrons. The molecule has 0 aromatic carbocycles. The van der Waals surface area contributed by atoms with Gasteiger partial charge < -0.3 is 20.3 Å². The largest absolute Gasteiger partial charge is 0.466 e. The molecule has 0 aliphatic carbocycles. The summed E-state index contributed by atoms with van der Waals surface area (Å²) >= 11 is 0. The predicted octanol–water partition coefficient (Wildman–Crippen LogP) is 19.1. The number of unbranched alkanes of at least 4 members (excludes halogenated alkanes) is 47. The van der Waals surface area contributed by atoms with E-state index in [1.165, 1.54) is 263 Å². The summed E-state index contributed by atoms with van der Waals surface area (Å²) in [5.41, 5.74) is 0.